The van der Waals surface area contributed by atoms with Gasteiger partial charge in [-0.3, -0.25) is 4.79 Å². The lowest BCUT2D eigenvalue weighted by atomic mass is 10.3. The molecule has 0 aliphatic heterocycles. The molecule has 0 aliphatic rings. The van der Waals surface area contributed by atoms with Crippen LogP contribution < -0.4 is 5.43 Å². The van der Waals surface area contributed by atoms with Gasteiger partial charge < -0.3 is 4.98 Å². The van der Waals surface area contributed by atoms with Gasteiger partial charge in [-0.25, -0.2) is 0 Å². The van der Waals surface area contributed by atoms with Gasteiger partial charge in [0.2, 0.25) is 0 Å². The molecule has 0 unspecified atom stereocenters. The molecule has 1 heterocycles. The number of nitrogens with one attached hydrogen (secondary N) is 1. The van der Waals surface area contributed by atoms with E-state index in [4.69, 9.17) is 5.26 Å². The highest BCUT2D eigenvalue weighted by Gasteiger charge is 1.85. The number of hydrogen-bond acceptors (Lipinski definition) is 2. The van der Waals surface area contributed by atoms with Crippen LogP contribution in [-0.4, -0.2) is 4.98 Å². The zero-order chi connectivity index (χ0) is 8.81. The van der Waals surface area contributed by atoms with Crippen molar-refractivity contribution >= 4 is 0 Å². The Morgan fingerprint density at radius 2 is 2.42 bits per heavy atom. The molecule has 0 aliphatic carbocycles. The highest BCUT2D eigenvalue weighted by molar-refractivity contribution is 5.27. The first-order valence-corrected chi connectivity index (χ1v) is 3.37. The molecule has 3 heteroatoms. The first kappa shape index (κ1) is 8.10. The van der Waals surface area contributed by atoms with Gasteiger partial charge in [-0.1, -0.05) is 5.92 Å². The van der Waals surface area contributed by atoms with E-state index in [1.54, 1.807) is 0 Å². The van der Waals surface area contributed by atoms with Crippen molar-refractivity contribution in [3.05, 3.63) is 34.2 Å². The second-order valence-electron chi connectivity index (χ2n) is 2.07. The highest BCUT2D eigenvalue weighted by Crippen LogP contribution is 1.84. The van der Waals surface area contributed by atoms with Crippen LogP contribution in [0.3, 0.4) is 0 Å². The van der Waals surface area contributed by atoms with Crippen LogP contribution in [0.4, 0.5) is 0 Å². The Morgan fingerprint density at radius 1 is 1.58 bits per heavy atom. The van der Waals surface area contributed by atoms with E-state index in [2.05, 4.69) is 16.8 Å². The third kappa shape index (κ3) is 2.32. The van der Waals surface area contributed by atoms with Gasteiger partial charge in [-0.2, -0.15) is 5.26 Å². The van der Waals surface area contributed by atoms with Gasteiger partial charge in [0.15, 0.2) is 5.43 Å². The summed E-state index contributed by atoms with van der Waals surface area (Å²) in [6, 6.07) is 4.69. The van der Waals surface area contributed by atoms with E-state index in [1.807, 2.05) is 6.07 Å². The van der Waals surface area contributed by atoms with Gasteiger partial charge in [0.05, 0.1) is 18.2 Å². The third-order valence-corrected chi connectivity index (χ3v) is 1.16. The Bertz CT molecular complexity index is 414. The largest absolute Gasteiger partial charge is 0.355 e. The SMILES string of the molecule is N#CCC#Cc1cc(=O)cc[nH]1. The second kappa shape index (κ2) is 4.00. The molecule has 0 bridgehead atoms. The number of aromatic amines is 1. The van der Waals surface area contributed by atoms with Gasteiger partial charge in [-0.05, 0) is 5.92 Å². The Balaban J connectivity index is 2.87. The number of rotatable bonds is 0. The number of pyridine rings is 1. The van der Waals surface area contributed by atoms with Crippen LogP contribution in [0.25, 0.3) is 0 Å². The lowest BCUT2D eigenvalue weighted by Crippen LogP contribution is -1.97. The number of aromatic nitrogens is 1. The van der Waals surface area contributed by atoms with Gasteiger partial charge in [0.1, 0.15) is 0 Å². The molecular formula is C9H6N2O. The second-order valence-corrected chi connectivity index (χ2v) is 2.07. The predicted molar refractivity (Wildman–Crippen MR) is 44.2 cm³/mol. The molecule has 1 N–H and O–H groups in total. The highest BCUT2D eigenvalue weighted by atomic mass is 16.1. The van der Waals surface area contributed by atoms with Crippen molar-refractivity contribution < 1.29 is 0 Å². The molecule has 1 aromatic rings. The van der Waals surface area contributed by atoms with Crippen molar-refractivity contribution in [1.29, 1.82) is 5.26 Å². The fourth-order valence-corrected chi connectivity index (χ4v) is 0.697. The number of hydrogen-bond donors (Lipinski definition) is 1. The summed E-state index contributed by atoms with van der Waals surface area (Å²) in [6.45, 7) is 0. The normalized spacial score (nSPS) is 7.92. The van der Waals surface area contributed by atoms with Gasteiger partial charge >= 0.3 is 0 Å². The molecule has 0 radical (unpaired) electrons. The fraction of sp³-hybridized carbons (Fsp3) is 0.111. The molecule has 1 rings (SSSR count). The Labute approximate surface area is 69.7 Å². The smallest absolute Gasteiger partial charge is 0.182 e. The van der Waals surface area contributed by atoms with Gasteiger partial charge in [-0.15, -0.1) is 0 Å². The van der Waals surface area contributed by atoms with E-state index in [-0.39, 0.29) is 11.8 Å². The summed E-state index contributed by atoms with van der Waals surface area (Å²) in [5.74, 6) is 5.26. The zero-order valence-electron chi connectivity index (χ0n) is 6.29. The molecule has 0 amide bonds. The molecule has 0 aromatic carbocycles. The molecule has 0 saturated heterocycles. The lowest BCUT2D eigenvalue weighted by Gasteiger charge is -1.85. The maximum Gasteiger partial charge on any atom is 0.182 e. The summed E-state index contributed by atoms with van der Waals surface area (Å²) in [6.07, 6.45) is 1.70. The molecule has 0 fully saturated rings. The van der Waals surface area contributed by atoms with Crippen LogP contribution in [0.2, 0.25) is 0 Å². The summed E-state index contributed by atoms with van der Waals surface area (Å²) in [5, 5.41) is 8.17. The van der Waals surface area contributed by atoms with Crippen molar-refractivity contribution in [2.75, 3.05) is 0 Å². The quantitative estimate of drug-likeness (QED) is 0.563. The van der Waals surface area contributed by atoms with Crippen molar-refractivity contribution in [2.45, 2.75) is 6.42 Å². The number of nitriles is 1. The van der Waals surface area contributed by atoms with E-state index in [0.29, 0.717) is 5.69 Å². The minimum atomic E-state index is -0.0880. The molecule has 58 valence electrons. The van der Waals surface area contributed by atoms with Crippen LogP contribution in [0.1, 0.15) is 12.1 Å². The molecule has 0 saturated carbocycles. The van der Waals surface area contributed by atoms with Crippen LogP contribution in [0.5, 0.6) is 0 Å². The fourth-order valence-electron chi connectivity index (χ4n) is 0.697. The lowest BCUT2D eigenvalue weighted by molar-refractivity contribution is 1.26. The first-order chi connectivity index (χ1) is 5.83. The standard InChI is InChI=1S/C9H6N2O/c10-5-2-1-3-8-7-9(12)4-6-11-8/h4,6-7H,2H2,(H,11,12). The minimum Gasteiger partial charge on any atom is -0.355 e. The maximum atomic E-state index is 10.8. The van der Waals surface area contributed by atoms with E-state index >= 15 is 0 Å². The molecular weight excluding hydrogens is 152 g/mol. The van der Waals surface area contributed by atoms with Crippen molar-refractivity contribution in [1.82, 2.24) is 4.98 Å². The Kier molecular flexibility index (Phi) is 2.70. The molecule has 0 spiro atoms. The zero-order valence-corrected chi connectivity index (χ0v) is 6.29. The summed E-state index contributed by atoms with van der Waals surface area (Å²) in [7, 11) is 0. The molecule has 1 aromatic heterocycles. The summed E-state index contributed by atoms with van der Waals surface area (Å²) < 4.78 is 0. The first-order valence-electron chi connectivity index (χ1n) is 3.37. The number of nitrogens with zero attached hydrogens (tertiary/aromatic N) is 1. The average molecular weight is 158 g/mol. The monoisotopic (exact) mass is 158 g/mol. The van der Waals surface area contributed by atoms with E-state index < -0.39 is 0 Å². The van der Waals surface area contributed by atoms with Gasteiger partial charge in [0.25, 0.3) is 0 Å². The Hall–Kier alpha value is -2.00. The summed E-state index contributed by atoms with van der Waals surface area (Å²) in [5.41, 5.74) is 0.452. The predicted octanol–water partition coefficient (Wildman–Crippen LogP) is 0.640. The van der Waals surface area contributed by atoms with Crippen molar-refractivity contribution in [3.63, 3.8) is 0 Å². The average Bonchev–Trinajstić information content (AvgIpc) is 2.05. The van der Waals surface area contributed by atoms with Gasteiger partial charge in [0, 0.05) is 18.3 Å². The van der Waals surface area contributed by atoms with Crippen LogP contribution in [-0.2, 0) is 0 Å². The van der Waals surface area contributed by atoms with E-state index in [9.17, 15) is 4.79 Å². The molecule has 3 nitrogen and oxygen atoms in total. The van der Waals surface area contributed by atoms with Crippen molar-refractivity contribution in [2.24, 2.45) is 0 Å². The van der Waals surface area contributed by atoms with Crippen LogP contribution in [0, 0.1) is 23.2 Å². The van der Waals surface area contributed by atoms with Crippen LogP contribution in [0.15, 0.2) is 23.1 Å². The summed E-state index contributed by atoms with van der Waals surface area (Å²) in [4.78, 5) is 13.6. The van der Waals surface area contributed by atoms with Crippen LogP contribution >= 0.6 is 0 Å². The topological polar surface area (TPSA) is 56.6 Å². The molecule has 0 atom stereocenters. The molecule has 12 heavy (non-hydrogen) atoms. The minimum absolute atomic E-state index is 0.0880. The van der Waals surface area contributed by atoms with E-state index in [1.165, 1.54) is 18.3 Å². The maximum absolute atomic E-state index is 10.8. The Morgan fingerprint density at radius 3 is 3.08 bits per heavy atom. The summed E-state index contributed by atoms with van der Waals surface area (Å²) >= 11 is 0. The third-order valence-electron chi connectivity index (χ3n) is 1.16. The van der Waals surface area contributed by atoms with Crippen molar-refractivity contribution in [3.8, 4) is 17.9 Å². The van der Waals surface area contributed by atoms with E-state index in [0.717, 1.165) is 0 Å². The number of H-pyrrole nitrogens is 1.